The first-order valence-electron chi connectivity index (χ1n) is 7.88. The van der Waals surface area contributed by atoms with Crippen molar-refractivity contribution in [3.8, 4) is 0 Å². The maximum Gasteiger partial charge on any atom is 0.308 e. The van der Waals surface area contributed by atoms with Gasteiger partial charge in [-0.25, -0.2) is 0 Å². The fourth-order valence-corrected chi connectivity index (χ4v) is 3.17. The van der Waals surface area contributed by atoms with Gasteiger partial charge in [-0.15, -0.1) is 12.4 Å². The lowest BCUT2D eigenvalue weighted by Crippen LogP contribution is -2.41. The van der Waals surface area contributed by atoms with Gasteiger partial charge in [-0.2, -0.15) is 0 Å². The van der Waals surface area contributed by atoms with Crippen molar-refractivity contribution in [3.05, 3.63) is 0 Å². The molecule has 2 aliphatic rings. The van der Waals surface area contributed by atoms with E-state index in [0.717, 1.165) is 38.6 Å². The van der Waals surface area contributed by atoms with Gasteiger partial charge < -0.3 is 15.4 Å². The molecule has 1 aliphatic carbocycles. The molecule has 1 saturated heterocycles. The summed E-state index contributed by atoms with van der Waals surface area (Å²) < 4.78 is 5.05. The van der Waals surface area contributed by atoms with Crippen molar-refractivity contribution < 1.29 is 14.3 Å². The quantitative estimate of drug-likeness (QED) is 0.758. The number of halogens is 1. The minimum Gasteiger partial charge on any atom is -0.466 e. The topological polar surface area (TPSA) is 67.4 Å². The van der Waals surface area contributed by atoms with Crippen molar-refractivity contribution in [2.45, 2.75) is 64.0 Å². The highest BCUT2D eigenvalue weighted by molar-refractivity contribution is 5.85. The van der Waals surface area contributed by atoms with Crippen molar-refractivity contribution >= 4 is 24.3 Å². The number of hydrogen-bond acceptors (Lipinski definition) is 4. The molecule has 1 saturated carbocycles. The second-order valence-electron chi connectivity index (χ2n) is 5.87. The summed E-state index contributed by atoms with van der Waals surface area (Å²) in [5, 5.41) is 6.44. The smallest absolute Gasteiger partial charge is 0.308 e. The van der Waals surface area contributed by atoms with Gasteiger partial charge in [0.15, 0.2) is 0 Å². The Morgan fingerprint density at radius 1 is 1.19 bits per heavy atom. The van der Waals surface area contributed by atoms with E-state index >= 15 is 0 Å². The van der Waals surface area contributed by atoms with Crippen molar-refractivity contribution in [3.63, 3.8) is 0 Å². The van der Waals surface area contributed by atoms with E-state index in [2.05, 4.69) is 10.6 Å². The summed E-state index contributed by atoms with van der Waals surface area (Å²) in [6.45, 7) is 3.31. The van der Waals surface area contributed by atoms with Crippen LogP contribution in [0.3, 0.4) is 0 Å². The van der Waals surface area contributed by atoms with Gasteiger partial charge >= 0.3 is 5.97 Å². The zero-order valence-corrected chi connectivity index (χ0v) is 13.5. The molecule has 2 N–H and O–H groups in total. The molecule has 122 valence electrons. The Kier molecular flexibility index (Phi) is 8.04. The summed E-state index contributed by atoms with van der Waals surface area (Å²) >= 11 is 0. The van der Waals surface area contributed by atoms with Gasteiger partial charge in [0, 0.05) is 18.5 Å². The van der Waals surface area contributed by atoms with Crippen molar-refractivity contribution in [1.29, 1.82) is 0 Å². The number of esters is 1. The predicted octanol–water partition coefficient (Wildman–Crippen LogP) is 1.79. The Morgan fingerprint density at radius 3 is 2.48 bits per heavy atom. The summed E-state index contributed by atoms with van der Waals surface area (Å²) in [4.78, 5) is 23.6. The van der Waals surface area contributed by atoms with E-state index in [1.165, 1.54) is 6.42 Å². The Hall–Kier alpha value is -0.810. The molecule has 0 radical (unpaired) electrons. The maximum atomic E-state index is 11.9. The SMILES string of the molecule is CCOC(=O)C1CCC(NC(=O)CC2CCCN2)CC1.Cl. The van der Waals surface area contributed by atoms with Gasteiger partial charge in [-0.1, -0.05) is 0 Å². The first-order chi connectivity index (χ1) is 9.69. The van der Waals surface area contributed by atoms with Gasteiger partial charge in [0.05, 0.1) is 12.5 Å². The number of nitrogens with one attached hydrogen (secondary N) is 2. The Morgan fingerprint density at radius 2 is 1.90 bits per heavy atom. The van der Waals surface area contributed by atoms with Crippen LogP contribution in [-0.2, 0) is 14.3 Å². The number of ether oxygens (including phenoxy) is 1. The lowest BCUT2D eigenvalue weighted by atomic mass is 9.86. The molecule has 21 heavy (non-hydrogen) atoms. The second-order valence-corrected chi connectivity index (χ2v) is 5.87. The van der Waals surface area contributed by atoms with Gasteiger partial charge in [0.2, 0.25) is 5.91 Å². The molecule has 0 aromatic rings. The van der Waals surface area contributed by atoms with Crippen LogP contribution in [0.1, 0.15) is 51.9 Å². The number of hydrogen-bond donors (Lipinski definition) is 2. The van der Waals surface area contributed by atoms with E-state index in [9.17, 15) is 9.59 Å². The van der Waals surface area contributed by atoms with Crippen LogP contribution in [0.2, 0.25) is 0 Å². The zero-order chi connectivity index (χ0) is 14.4. The molecule has 1 amide bonds. The number of carbonyl (C=O) groups is 2. The third-order valence-electron chi connectivity index (χ3n) is 4.31. The zero-order valence-electron chi connectivity index (χ0n) is 12.7. The fraction of sp³-hybridized carbons (Fsp3) is 0.867. The first kappa shape index (κ1) is 18.2. The molecule has 1 heterocycles. The molecule has 0 aromatic carbocycles. The average molecular weight is 319 g/mol. The molecule has 1 aliphatic heterocycles. The summed E-state index contributed by atoms with van der Waals surface area (Å²) in [6, 6.07) is 0.584. The number of carbonyl (C=O) groups excluding carboxylic acids is 2. The van der Waals surface area contributed by atoms with Gasteiger partial charge in [0.25, 0.3) is 0 Å². The Bertz CT molecular complexity index is 338. The van der Waals surface area contributed by atoms with Crippen molar-refractivity contribution in [2.75, 3.05) is 13.2 Å². The molecule has 1 unspecified atom stereocenters. The van der Waals surface area contributed by atoms with Crippen LogP contribution >= 0.6 is 12.4 Å². The third kappa shape index (κ3) is 5.83. The largest absolute Gasteiger partial charge is 0.466 e. The van der Waals surface area contributed by atoms with Crippen molar-refractivity contribution in [1.82, 2.24) is 10.6 Å². The van der Waals surface area contributed by atoms with Crippen LogP contribution in [-0.4, -0.2) is 37.1 Å². The molecule has 5 nitrogen and oxygen atoms in total. The predicted molar refractivity (Wildman–Crippen MR) is 83.4 cm³/mol. The van der Waals surface area contributed by atoms with Crippen LogP contribution in [0.15, 0.2) is 0 Å². The van der Waals surface area contributed by atoms with E-state index in [1.54, 1.807) is 0 Å². The number of amides is 1. The Labute approximate surface area is 133 Å². The van der Waals surface area contributed by atoms with E-state index in [0.29, 0.717) is 19.1 Å². The molecular weight excluding hydrogens is 292 g/mol. The van der Waals surface area contributed by atoms with Gasteiger partial charge in [-0.05, 0) is 52.0 Å². The highest BCUT2D eigenvalue weighted by atomic mass is 35.5. The van der Waals surface area contributed by atoms with E-state index < -0.39 is 0 Å². The first-order valence-corrected chi connectivity index (χ1v) is 7.88. The van der Waals surface area contributed by atoms with Crippen molar-refractivity contribution in [2.24, 2.45) is 5.92 Å². The molecular formula is C15H27ClN2O3. The fourth-order valence-electron chi connectivity index (χ4n) is 3.17. The standard InChI is InChI=1S/C15H26N2O3.ClH/c1-2-20-15(19)11-5-7-12(8-6-11)17-14(18)10-13-4-3-9-16-13;/h11-13,16H,2-10H2,1H3,(H,17,18);1H. The van der Waals surface area contributed by atoms with Crippen LogP contribution in [0, 0.1) is 5.92 Å². The lowest BCUT2D eigenvalue weighted by Gasteiger charge is -2.28. The monoisotopic (exact) mass is 318 g/mol. The van der Waals surface area contributed by atoms with Crippen LogP contribution in [0.5, 0.6) is 0 Å². The highest BCUT2D eigenvalue weighted by Crippen LogP contribution is 2.25. The third-order valence-corrected chi connectivity index (χ3v) is 4.31. The summed E-state index contributed by atoms with van der Waals surface area (Å²) in [5.41, 5.74) is 0. The molecule has 0 aromatic heterocycles. The minimum absolute atomic E-state index is 0. The molecule has 2 fully saturated rings. The molecule has 0 bridgehead atoms. The highest BCUT2D eigenvalue weighted by Gasteiger charge is 2.28. The summed E-state index contributed by atoms with van der Waals surface area (Å²) in [6.07, 6.45) is 6.26. The average Bonchev–Trinajstić information content (AvgIpc) is 2.92. The number of rotatable bonds is 5. The van der Waals surface area contributed by atoms with E-state index in [-0.39, 0.29) is 36.2 Å². The van der Waals surface area contributed by atoms with Crippen LogP contribution in [0.25, 0.3) is 0 Å². The maximum absolute atomic E-state index is 11.9. The van der Waals surface area contributed by atoms with E-state index in [4.69, 9.17) is 4.74 Å². The lowest BCUT2D eigenvalue weighted by molar-refractivity contribution is -0.149. The molecule has 0 spiro atoms. The molecule has 6 heteroatoms. The van der Waals surface area contributed by atoms with Gasteiger partial charge in [0.1, 0.15) is 0 Å². The van der Waals surface area contributed by atoms with E-state index in [1.807, 2.05) is 6.92 Å². The van der Waals surface area contributed by atoms with Crippen LogP contribution < -0.4 is 10.6 Å². The van der Waals surface area contributed by atoms with Gasteiger partial charge in [-0.3, -0.25) is 9.59 Å². The minimum atomic E-state index is -0.0765. The molecule has 1 atom stereocenters. The normalized spacial score (nSPS) is 28.5. The summed E-state index contributed by atoms with van der Waals surface area (Å²) in [7, 11) is 0. The van der Waals surface area contributed by atoms with Crippen LogP contribution in [0.4, 0.5) is 0 Å². The second kappa shape index (κ2) is 9.26. The molecule has 2 rings (SSSR count). The Balaban J connectivity index is 0.00000220. The summed E-state index contributed by atoms with van der Waals surface area (Å²) in [5.74, 6) is 0.0935.